The fourth-order valence-corrected chi connectivity index (χ4v) is 3.28. The average molecular weight is 317 g/mol. The Bertz CT molecular complexity index is 396. The molecule has 0 N–H and O–H groups in total. The molecule has 0 saturated carbocycles. The van der Waals surface area contributed by atoms with Crippen molar-refractivity contribution in [1.29, 1.82) is 0 Å². The predicted molar refractivity (Wildman–Crippen MR) is 101 cm³/mol. The second-order valence-electron chi connectivity index (χ2n) is 6.97. The monoisotopic (exact) mass is 316 g/mol. The minimum absolute atomic E-state index is 0.318. The summed E-state index contributed by atoms with van der Waals surface area (Å²) in [7, 11) is 0. The Morgan fingerprint density at radius 2 is 1.39 bits per heavy atom. The zero-order valence-corrected chi connectivity index (χ0v) is 15.4. The first-order chi connectivity index (χ1) is 11.2. The van der Waals surface area contributed by atoms with Crippen molar-refractivity contribution in [1.82, 2.24) is 0 Å². The van der Waals surface area contributed by atoms with Crippen LogP contribution in [0.1, 0.15) is 102 Å². The third-order valence-electron chi connectivity index (χ3n) is 4.77. The first-order valence-electron chi connectivity index (χ1n) is 9.78. The molecule has 1 heteroatoms. The van der Waals surface area contributed by atoms with Gasteiger partial charge in [0.15, 0.2) is 0 Å². The zero-order chi connectivity index (χ0) is 16.8. The van der Waals surface area contributed by atoms with Crippen molar-refractivity contribution in [2.75, 3.05) is 0 Å². The Hall–Kier alpha value is -1.11. The Morgan fingerprint density at radius 1 is 0.826 bits per heavy atom. The van der Waals surface area contributed by atoms with Gasteiger partial charge in [-0.05, 0) is 31.2 Å². The molecular formula is C22H36O. The van der Waals surface area contributed by atoms with E-state index in [0.717, 1.165) is 12.8 Å². The van der Waals surface area contributed by atoms with Gasteiger partial charge in [0.05, 0.1) is 0 Å². The van der Waals surface area contributed by atoms with Gasteiger partial charge in [-0.1, -0.05) is 95.0 Å². The molecule has 1 unspecified atom stereocenters. The van der Waals surface area contributed by atoms with Crippen molar-refractivity contribution in [3.8, 4) is 0 Å². The molecule has 1 aromatic carbocycles. The van der Waals surface area contributed by atoms with Crippen LogP contribution in [0.25, 0.3) is 0 Å². The maximum absolute atomic E-state index is 11.3. The van der Waals surface area contributed by atoms with Crippen molar-refractivity contribution in [2.45, 2.75) is 96.8 Å². The maximum atomic E-state index is 11.3. The van der Waals surface area contributed by atoms with E-state index in [4.69, 9.17) is 0 Å². The van der Waals surface area contributed by atoms with Gasteiger partial charge >= 0.3 is 0 Å². The summed E-state index contributed by atoms with van der Waals surface area (Å²) in [6, 6.07) is 10.7. The normalized spacial score (nSPS) is 12.3. The van der Waals surface area contributed by atoms with Crippen LogP contribution < -0.4 is 0 Å². The highest BCUT2D eigenvalue weighted by atomic mass is 16.1. The standard InChI is InChI=1S/C22H36O/c1-3-4-5-6-7-8-9-10-12-17-22(19-18-20(2)23)21-15-13-11-14-16-21/h11,13-16,22H,3-10,12,17-19H2,1-2H3. The summed E-state index contributed by atoms with van der Waals surface area (Å²) in [6.07, 6.45) is 15.3. The molecule has 0 saturated heterocycles. The summed E-state index contributed by atoms with van der Waals surface area (Å²) < 4.78 is 0. The molecule has 23 heavy (non-hydrogen) atoms. The quantitative estimate of drug-likeness (QED) is 0.336. The number of hydrogen-bond donors (Lipinski definition) is 0. The molecule has 0 heterocycles. The number of rotatable bonds is 14. The molecule has 0 spiro atoms. The predicted octanol–water partition coefficient (Wildman–Crippen LogP) is 7.06. The summed E-state index contributed by atoms with van der Waals surface area (Å²) in [5.74, 6) is 0.877. The second-order valence-corrected chi connectivity index (χ2v) is 6.97. The van der Waals surface area contributed by atoms with E-state index in [2.05, 4.69) is 37.3 Å². The van der Waals surface area contributed by atoms with Crippen LogP contribution in [-0.2, 0) is 4.79 Å². The zero-order valence-electron chi connectivity index (χ0n) is 15.4. The fourth-order valence-electron chi connectivity index (χ4n) is 3.28. The van der Waals surface area contributed by atoms with Crippen LogP contribution in [0.3, 0.4) is 0 Å². The SMILES string of the molecule is CCCCCCCCCCCC(CCC(C)=O)c1ccccc1. The van der Waals surface area contributed by atoms with E-state index in [1.54, 1.807) is 6.92 Å². The van der Waals surface area contributed by atoms with Gasteiger partial charge in [-0.2, -0.15) is 0 Å². The smallest absolute Gasteiger partial charge is 0.129 e. The van der Waals surface area contributed by atoms with Crippen LogP contribution in [0.15, 0.2) is 30.3 Å². The number of unbranched alkanes of at least 4 members (excludes halogenated alkanes) is 8. The summed E-state index contributed by atoms with van der Waals surface area (Å²) in [6.45, 7) is 3.98. The van der Waals surface area contributed by atoms with Gasteiger partial charge in [-0.15, -0.1) is 0 Å². The van der Waals surface area contributed by atoms with Crippen LogP contribution in [0, 0.1) is 0 Å². The summed E-state index contributed by atoms with van der Waals surface area (Å²) in [5, 5.41) is 0. The van der Waals surface area contributed by atoms with E-state index in [9.17, 15) is 4.79 Å². The lowest BCUT2D eigenvalue weighted by Gasteiger charge is -2.16. The second kappa shape index (κ2) is 13.3. The number of carbonyl (C=O) groups excluding carboxylic acids is 1. The molecule has 130 valence electrons. The number of ketones is 1. The van der Waals surface area contributed by atoms with Gasteiger partial charge in [-0.3, -0.25) is 0 Å². The number of benzene rings is 1. The van der Waals surface area contributed by atoms with Crippen molar-refractivity contribution in [2.24, 2.45) is 0 Å². The van der Waals surface area contributed by atoms with Crippen LogP contribution >= 0.6 is 0 Å². The van der Waals surface area contributed by atoms with Gasteiger partial charge in [0.1, 0.15) is 5.78 Å². The largest absolute Gasteiger partial charge is 0.300 e. The molecule has 1 atom stereocenters. The molecule has 0 aliphatic carbocycles. The first kappa shape index (κ1) is 19.9. The highest BCUT2D eigenvalue weighted by Crippen LogP contribution is 2.27. The van der Waals surface area contributed by atoms with E-state index < -0.39 is 0 Å². The van der Waals surface area contributed by atoms with E-state index in [1.165, 1.54) is 69.8 Å². The van der Waals surface area contributed by atoms with Crippen LogP contribution in [0.4, 0.5) is 0 Å². The number of carbonyl (C=O) groups is 1. The van der Waals surface area contributed by atoms with Gasteiger partial charge in [0.2, 0.25) is 0 Å². The Morgan fingerprint density at radius 3 is 1.96 bits per heavy atom. The Balaban J connectivity index is 2.20. The summed E-state index contributed by atoms with van der Waals surface area (Å²) in [5.41, 5.74) is 1.41. The topological polar surface area (TPSA) is 17.1 Å². The van der Waals surface area contributed by atoms with E-state index >= 15 is 0 Å². The maximum Gasteiger partial charge on any atom is 0.129 e. The van der Waals surface area contributed by atoms with E-state index in [1.807, 2.05) is 0 Å². The van der Waals surface area contributed by atoms with Gasteiger partial charge in [0.25, 0.3) is 0 Å². The molecule has 0 aromatic heterocycles. The number of hydrogen-bond acceptors (Lipinski definition) is 1. The molecule has 0 bridgehead atoms. The lowest BCUT2D eigenvalue weighted by atomic mass is 9.88. The fraction of sp³-hybridized carbons (Fsp3) is 0.682. The van der Waals surface area contributed by atoms with E-state index in [-0.39, 0.29) is 0 Å². The number of Topliss-reactive ketones (excluding diaryl/α,β-unsaturated/α-hetero) is 1. The first-order valence-corrected chi connectivity index (χ1v) is 9.78. The molecule has 0 radical (unpaired) electrons. The van der Waals surface area contributed by atoms with Crippen molar-refractivity contribution < 1.29 is 4.79 Å². The molecule has 1 rings (SSSR count). The lowest BCUT2D eigenvalue weighted by Crippen LogP contribution is -2.02. The van der Waals surface area contributed by atoms with Crippen molar-refractivity contribution >= 4 is 5.78 Å². The molecule has 0 amide bonds. The minimum Gasteiger partial charge on any atom is -0.300 e. The average Bonchev–Trinajstić information content (AvgIpc) is 2.56. The molecule has 1 nitrogen and oxygen atoms in total. The van der Waals surface area contributed by atoms with Crippen molar-refractivity contribution in [3.05, 3.63) is 35.9 Å². The van der Waals surface area contributed by atoms with Gasteiger partial charge in [0, 0.05) is 6.42 Å². The molecular weight excluding hydrogens is 280 g/mol. The Labute approximate surface area is 143 Å². The molecule has 0 fully saturated rings. The summed E-state index contributed by atoms with van der Waals surface area (Å²) >= 11 is 0. The highest BCUT2D eigenvalue weighted by Gasteiger charge is 2.11. The van der Waals surface area contributed by atoms with Crippen LogP contribution in [0.5, 0.6) is 0 Å². The third-order valence-corrected chi connectivity index (χ3v) is 4.77. The van der Waals surface area contributed by atoms with Crippen LogP contribution in [0.2, 0.25) is 0 Å². The van der Waals surface area contributed by atoms with Crippen molar-refractivity contribution in [3.63, 3.8) is 0 Å². The van der Waals surface area contributed by atoms with Gasteiger partial charge < -0.3 is 4.79 Å². The molecule has 1 aromatic rings. The Kier molecular flexibility index (Phi) is 11.6. The lowest BCUT2D eigenvalue weighted by molar-refractivity contribution is -0.117. The summed E-state index contributed by atoms with van der Waals surface area (Å²) in [4.78, 5) is 11.3. The third kappa shape index (κ3) is 10.3. The highest BCUT2D eigenvalue weighted by molar-refractivity contribution is 5.75. The van der Waals surface area contributed by atoms with Crippen LogP contribution in [-0.4, -0.2) is 5.78 Å². The van der Waals surface area contributed by atoms with Gasteiger partial charge in [-0.25, -0.2) is 0 Å². The minimum atomic E-state index is 0.318. The van der Waals surface area contributed by atoms with E-state index in [0.29, 0.717) is 11.7 Å². The molecule has 0 aliphatic heterocycles. The molecule has 0 aliphatic rings.